The quantitative estimate of drug-likeness (QED) is 0.917. The molecular formula is C16H24N2S. The summed E-state index contributed by atoms with van der Waals surface area (Å²) in [5, 5.41) is 0.767. The molecule has 3 rings (SSSR count). The van der Waals surface area contributed by atoms with Gasteiger partial charge in [-0.15, -0.1) is 11.8 Å². The summed E-state index contributed by atoms with van der Waals surface area (Å²) < 4.78 is 0. The Morgan fingerprint density at radius 1 is 1.21 bits per heavy atom. The van der Waals surface area contributed by atoms with Crippen LogP contribution in [0.1, 0.15) is 24.8 Å². The Morgan fingerprint density at radius 2 is 2.00 bits per heavy atom. The topological polar surface area (TPSA) is 29.3 Å². The van der Waals surface area contributed by atoms with E-state index in [2.05, 4.69) is 40.9 Å². The highest BCUT2D eigenvalue weighted by Crippen LogP contribution is 2.37. The van der Waals surface area contributed by atoms with Crippen LogP contribution in [0.25, 0.3) is 0 Å². The zero-order chi connectivity index (χ0) is 13.1. The molecule has 1 aromatic rings. The number of hydrogen-bond donors (Lipinski definition) is 1. The maximum Gasteiger partial charge on any atom is 0.0263 e. The Kier molecular flexibility index (Phi) is 4.46. The lowest BCUT2D eigenvalue weighted by molar-refractivity contribution is 0.181. The lowest BCUT2D eigenvalue weighted by Crippen LogP contribution is -2.38. The van der Waals surface area contributed by atoms with Crippen molar-refractivity contribution in [2.45, 2.75) is 35.8 Å². The van der Waals surface area contributed by atoms with Gasteiger partial charge in [-0.3, -0.25) is 0 Å². The maximum absolute atomic E-state index is 5.66. The van der Waals surface area contributed by atoms with E-state index in [0.29, 0.717) is 0 Å². The normalized spacial score (nSPS) is 24.6. The van der Waals surface area contributed by atoms with E-state index in [1.165, 1.54) is 50.2 Å². The van der Waals surface area contributed by atoms with Crippen molar-refractivity contribution in [3.05, 3.63) is 29.8 Å². The summed E-state index contributed by atoms with van der Waals surface area (Å²) >= 11 is 2.08. The van der Waals surface area contributed by atoms with Crippen LogP contribution in [0.4, 0.5) is 0 Å². The van der Waals surface area contributed by atoms with Crippen LogP contribution in [0.5, 0.6) is 0 Å². The lowest BCUT2D eigenvalue weighted by atomic mass is 9.93. The third kappa shape index (κ3) is 3.33. The molecule has 3 heteroatoms. The van der Waals surface area contributed by atoms with Crippen LogP contribution in [0.3, 0.4) is 0 Å². The average molecular weight is 276 g/mol. The van der Waals surface area contributed by atoms with Crippen molar-refractivity contribution in [3.8, 4) is 0 Å². The van der Waals surface area contributed by atoms with Gasteiger partial charge in [-0.1, -0.05) is 18.2 Å². The molecule has 1 aromatic carbocycles. The van der Waals surface area contributed by atoms with Gasteiger partial charge in [0.2, 0.25) is 0 Å². The third-order valence-corrected chi connectivity index (χ3v) is 5.76. The van der Waals surface area contributed by atoms with Gasteiger partial charge in [0.05, 0.1) is 0 Å². The Hall–Kier alpha value is -0.510. The predicted octanol–water partition coefficient (Wildman–Crippen LogP) is 2.76. The molecule has 0 spiro atoms. The molecule has 2 aliphatic heterocycles. The van der Waals surface area contributed by atoms with Gasteiger partial charge in [0.1, 0.15) is 0 Å². The molecule has 2 aliphatic rings. The molecule has 1 unspecified atom stereocenters. The van der Waals surface area contributed by atoms with Crippen LogP contribution in [0, 0.1) is 5.92 Å². The standard InChI is InChI=1S/C16H24N2S/c17-8-5-13-6-9-18(10-7-13)12-15-11-14-3-1-2-4-16(14)19-15/h1-4,13,15H,5-12,17H2. The third-order valence-electron chi connectivity index (χ3n) is 4.46. The van der Waals surface area contributed by atoms with Gasteiger partial charge < -0.3 is 10.6 Å². The molecule has 1 saturated heterocycles. The van der Waals surface area contributed by atoms with Gasteiger partial charge in [-0.25, -0.2) is 0 Å². The van der Waals surface area contributed by atoms with Crippen LogP contribution >= 0.6 is 11.8 Å². The molecule has 2 nitrogen and oxygen atoms in total. The van der Waals surface area contributed by atoms with Gasteiger partial charge in [0.25, 0.3) is 0 Å². The van der Waals surface area contributed by atoms with Gasteiger partial charge in [-0.2, -0.15) is 0 Å². The second-order valence-corrected chi connectivity index (χ2v) is 7.22. The summed E-state index contributed by atoms with van der Waals surface area (Å²) in [6.07, 6.45) is 5.17. The number of fused-ring (bicyclic) bond motifs is 1. The van der Waals surface area contributed by atoms with Gasteiger partial charge in [-0.05, 0) is 62.9 Å². The van der Waals surface area contributed by atoms with Gasteiger partial charge >= 0.3 is 0 Å². The van der Waals surface area contributed by atoms with E-state index in [4.69, 9.17) is 5.73 Å². The first kappa shape index (κ1) is 13.5. The summed E-state index contributed by atoms with van der Waals surface area (Å²) in [5.41, 5.74) is 7.21. The zero-order valence-electron chi connectivity index (χ0n) is 11.6. The second-order valence-electron chi connectivity index (χ2n) is 5.87. The molecule has 0 aliphatic carbocycles. The Bertz CT molecular complexity index is 388. The van der Waals surface area contributed by atoms with Crippen molar-refractivity contribution >= 4 is 11.8 Å². The number of piperidine rings is 1. The van der Waals surface area contributed by atoms with Crippen molar-refractivity contribution in [3.63, 3.8) is 0 Å². The fourth-order valence-corrected chi connectivity index (χ4v) is 4.70. The summed E-state index contributed by atoms with van der Waals surface area (Å²) in [7, 11) is 0. The highest BCUT2D eigenvalue weighted by atomic mass is 32.2. The fourth-order valence-electron chi connectivity index (χ4n) is 3.34. The molecule has 104 valence electrons. The minimum Gasteiger partial charge on any atom is -0.330 e. The summed E-state index contributed by atoms with van der Waals surface area (Å²) in [5.74, 6) is 0.884. The maximum atomic E-state index is 5.66. The van der Waals surface area contributed by atoms with Crippen LogP contribution in [0.15, 0.2) is 29.2 Å². The first-order chi connectivity index (χ1) is 9.35. The van der Waals surface area contributed by atoms with E-state index in [1.807, 2.05) is 0 Å². The van der Waals surface area contributed by atoms with Crippen molar-refractivity contribution in [1.29, 1.82) is 0 Å². The molecule has 0 saturated carbocycles. The second kappa shape index (κ2) is 6.29. The number of nitrogens with two attached hydrogens (primary N) is 1. The number of thioether (sulfide) groups is 1. The average Bonchev–Trinajstić information content (AvgIpc) is 2.83. The van der Waals surface area contributed by atoms with Crippen LogP contribution in [-0.4, -0.2) is 36.3 Å². The van der Waals surface area contributed by atoms with E-state index in [1.54, 1.807) is 5.56 Å². The SMILES string of the molecule is NCCC1CCN(CC2Cc3ccccc3S2)CC1. The fraction of sp³-hybridized carbons (Fsp3) is 0.625. The van der Waals surface area contributed by atoms with E-state index in [0.717, 1.165) is 17.7 Å². The number of hydrogen-bond acceptors (Lipinski definition) is 3. The van der Waals surface area contributed by atoms with E-state index >= 15 is 0 Å². The largest absolute Gasteiger partial charge is 0.330 e. The van der Waals surface area contributed by atoms with Crippen molar-refractivity contribution < 1.29 is 0 Å². The van der Waals surface area contributed by atoms with E-state index in [-0.39, 0.29) is 0 Å². The number of nitrogens with zero attached hydrogens (tertiary/aromatic N) is 1. The molecular weight excluding hydrogens is 252 g/mol. The smallest absolute Gasteiger partial charge is 0.0263 e. The number of likely N-dealkylation sites (tertiary alicyclic amines) is 1. The molecule has 0 bridgehead atoms. The molecule has 0 amide bonds. The van der Waals surface area contributed by atoms with Crippen LogP contribution in [0.2, 0.25) is 0 Å². The monoisotopic (exact) mass is 276 g/mol. The van der Waals surface area contributed by atoms with Crippen LogP contribution in [-0.2, 0) is 6.42 Å². The highest BCUT2D eigenvalue weighted by molar-refractivity contribution is 8.00. The Morgan fingerprint density at radius 3 is 2.74 bits per heavy atom. The van der Waals surface area contributed by atoms with E-state index in [9.17, 15) is 0 Å². The molecule has 19 heavy (non-hydrogen) atoms. The Labute approximate surface area is 120 Å². The van der Waals surface area contributed by atoms with Crippen LogP contribution < -0.4 is 5.73 Å². The van der Waals surface area contributed by atoms with Gasteiger partial charge in [0, 0.05) is 16.7 Å². The predicted molar refractivity (Wildman–Crippen MR) is 82.6 cm³/mol. The minimum atomic E-state index is 0.767. The molecule has 2 N–H and O–H groups in total. The molecule has 0 aromatic heterocycles. The molecule has 1 fully saturated rings. The lowest BCUT2D eigenvalue weighted by Gasteiger charge is -2.33. The van der Waals surface area contributed by atoms with Gasteiger partial charge in [0.15, 0.2) is 0 Å². The highest BCUT2D eigenvalue weighted by Gasteiger charge is 2.26. The minimum absolute atomic E-state index is 0.767. The Balaban J connectivity index is 1.47. The summed E-state index contributed by atoms with van der Waals surface area (Å²) in [6, 6.07) is 8.88. The molecule has 1 atom stereocenters. The molecule has 0 radical (unpaired) electrons. The zero-order valence-corrected chi connectivity index (χ0v) is 12.4. The first-order valence-corrected chi connectivity index (χ1v) is 8.40. The first-order valence-electron chi connectivity index (χ1n) is 7.52. The van der Waals surface area contributed by atoms with Crippen molar-refractivity contribution in [1.82, 2.24) is 4.90 Å². The summed E-state index contributed by atoms with van der Waals surface area (Å²) in [4.78, 5) is 4.17. The number of benzene rings is 1. The van der Waals surface area contributed by atoms with Crippen molar-refractivity contribution in [2.75, 3.05) is 26.2 Å². The summed E-state index contributed by atoms with van der Waals surface area (Å²) in [6.45, 7) is 4.67. The molecule has 2 heterocycles. The van der Waals surface area contributed by atoms with Crippen molar-refractivity contribution in [2.24, 2.45) is 11.7 Å². The number of rotatable bonds is 4. The van der Waals surface area contributed by atoms with E-state index < -0.39 is 0 Å².